The Labute approximate surface area is 217 Å². The van der Waals surface area contributed by atoms with E-state index in [0.29, 0.717) is 36.8 Å². The molecule has 0 saturated heterocycles. The van der Waals surface area contributed by atoms with E-state index in [1.807, 2.05) is 56.3 Å². The summed E-state index contributed by atoms with van der Waals surface area (Å²) in [4.78, 5) is 32.5. The van der Waals surface area contributed by atoms with Crippen LogP contribution in [0, 0.1) is 6.92 Å². The first kappa shape index (κ1) is 27.3. The molecular weight excluding hydrogens is 464 g/mol. The summed E-state index contributed by atoms with van der Waals surface area (Å²) in [6.07, 6.45) is 6.17. The van der Waals surface area contributed by atoms with Gasteiger partial charge >= 0.3 is 0 Å². The van der Waals surface area contributed by atoms with Gasteiger partial charge in [-0.05, 0) is 80.3 Å². The first-order valence-electron chi connectivity index (χ1n) is 12.3. The number of aromatic hydroxyl groups is 2. The lowest BCUT2D eigenvalue weighted by Gasteiger charge is -2.06. The fourth-order valence-corrected chi connectivity index (χ4v) is 3.74. The molecule has 0 unspecified atom stereocenters. The van der Waals surface area contributed by atoms with Gasteiger partial charge in [-0.25, -0.2) is 0 Å². The Morgan fingerprint density at radius 1 is 0.703 bits per heavy atom. The number of aromatic nitrogens is 2. The highest BCUT2D eigenvalue weighted by molar-refractivity contribution is 5.99. The predicted molar refractivity (Wildman–Crippen MR) is 144 cm³/mol. The second-order valence-electron chi connectivity index (χ2n) is 8.71. The van der Waals surface area contributed by atoms with E-state index in [2.05, 4.69) is 9.97 Å². The Hall–Kier alpha value is -4.32. The lowest BCUT2D eigenvalue weighted by atomic mass is 10.0. The molecule has 0 saturated carbocycles. The number of benzene rings is 2. The Morgan fingerprint density at radius 3 is 1.70 bits per heavy atom. The lowest BCUT2D eigenvalue weighted by Crippen LogP contribution is -2.03. The van der Waals surface area contributed by atoms with Crippen molar-refractivity contribution in [3.8, 4) is 11.5 Å². The van der Waals surface area contributed by atoms with Crippen LogP contribution in [0.3, 0.4) is 0 Å². The van der Waals surface area contributed by atoms with E-state index in [1.165, 1.54) is 0 Å². The summed E-state index contributed by atoms with van der Waals surface area (Å²) in [5, 5.41) is 19.4. The molecule has 6 heteroatoms. The average Bonchev–Trinajstić information content (AvgIpc) is 2.93. The van der Waals surface area contributed by atoms with Gasteiger partial charge in [0.05, 0.1) is 11.1 Å². The zero-order chi connectivity index (χ0) is 26.6. The number of nitrogens with zero attached hydrogens (tertiary/aromatic N) is 2. The largest absolute Gasteiger partial charge is 0.507 e. The number of carbonyl (C=O) groups is 2. The van der Waals surface area contributed by atoms with Crippen LogP contribution >= 0.6 is 0 Å². The predicted octanol–water partition coefficient (Wildman–Crippen LogP) is 6.08. The van der Waals surface area contributed by atoms with Crippen molar-refractivity contribution in [2.75, 3.05) is 0 Å². The summed E-state index contributed by atoms with van der Waals surface area (Å²) >= 11 is 0. The number of aryl methyl sites for hydroxylation is 4. The Morgan fingerprint density at radius 2 is 1.22 bits per heavy atom. The van der Waals surface area contributed by atoms with E-state index >= 15 is 0 Å². The van der Waals surface area contributed by atoms with Crippen molar-refractivity contribution >= 4 is 11.6 Å². The molecule has 0 aliphatic heterocycles. The van der Waals surface area contributed by atoms with E-state index < -0.39 is 0 Å². The minimum absolute atomic E-state index is 0.0431. The Kier molecular flexibility index (Phi) is 10.1. The SMILES string of the molecule is CCc1ccc(O)c(C(=O)CCc2ccccn2)c1.Cc1ccc(O)c(C(=O)CCc2ccccn2)c1. The molecule has 190 valence electrons. The third-order valence-electron chi connectivity index (χ3n) is 5.89. The van der Waals surface area contributed by atoms with Crippen LogP contribution in [-0.2, 0) is 19.3 Å². The van der Waals surface area contributed by atoms with Crippen LogP contribution in [-0.4, -0.2) is 31.7 Å². The molecule has 0 atom stereocenters. The van der Waals surface area contributed by atoms with Crippen LogP contribution in [0.1, 0.15) is 63.0 Å². The van der Waals surface area contributed by atoms with Crippen LogP contribution in [0.15, 0.2) is 85.2 Å². The second kappa shape index (κ2) is 13.7. The van der Waals surface area contributed by atoms with Crippen molar-refractivity contribution in [3.63, 3.8) is 0 Å². The van der Waals surface area contributed by atoms with Gasteiger partial charge in [0.2, 0.25) is 0 Å². The summed E-state index contributed by atoms with van der Waals surface area (Å²) in [6.45, 7) is 3.92. The molecular formula is C31H32N2O4. The molecule has 6 nitrogen and oxygen atoms in total. The molecule has 2 N–H and O–H groups in total. The number of rotatable bonds is 9. The molecule has 0 aliphatic carbocycles. The highest BCUT2D eigenvalue weighted by Crippen LogP contribution is 2.22. The first-order valence-corrected chi connectivity index (χ1v) is 12.3. The summed E-state index contributed by atoms with van der Waals surface area (Å²) in [5.74, 6) is 0.00940. The topological polar surface area (TPSA) is 100 Å². The first-order chi connectivity index (χ1) is 17.9. The highest BCUT2D eigenvalue weighted by Gasteiger charge is 2.13. The number of ketones is 2. The Balaban J connectivity index is 0.000000206. The van der Waals surface area contributed by atoms with Crippen molar-refractivity contribution in [3.05, 3.63) is 119 Å². The zero-order valence-corrected chi connectivity index (χ0v) is 21.2. The number of hydrogen-bond acceptors (Lipinski definition) is 6. The van der Waals surface area contributed by atoms with E-state index in [9.17, 15) is 19.8 Å². The number of Topliss-reactive ketones (excluding diaryl/α,β-unsaturated/α-hetero) is 2. The molecule has 0 amide bonds. The maximum absolute atomic E-state index is 12.1. The number of phenolic OH excluding ortho intramolecular Hbond substituents is 2. The van der Waals surface area contributed by atoms with Crippen LogP contribution in [0.25, 0.3) is 0 Å². The zero-order valence-electron chi connectivity index (χ0n) is 21.2. The minimum atomic E-state index is -0.0538. The quantitative estimate of drug-likeness (QED) is 0.273. The summed E-state index contributed by atoms with van der Waals surface area (Å²) in [7, 11) is 0. The van der Waals surface area contributed by atoms with Crippen LogP contribution < -0.4 is 0 Å². The standard InChI is InChI=1S/C16H17NO2.C15H15NO2/c1-2-12-6-8-15(18)14(11-12)16(19)9-7-13-5-3-4-10-17-13;1-11-5-7-14(17)13(10-11)15(18)8-6-12-4-2-3-9-16-12/h3-6,8,10-11,18H,2,7,9H2,1H3;2-5,7,9-10,17H,6,8H2,1H3. The van der Waals surface area contributed by atoms with Crippen LogP contribution in [0.5, 0.6) is 11.5 Å². The van der Waals surface area contributed by atoms with Gasteiger partial charge in [0.1, 0.15) is 11.5 Å². The monoisotopic (exact) mass is 496 g/mol. The third-order valence-corrected chi connectivity index (χ3v) is 5.89. The van der Waals surface area contributed by atoms with E-state index in [0.717, 1.165) is 28.9 Å². The van der Waals surface area contributed by atoms with Gasteiger partial charge in [-0.3, -0.25) is 19.6 Å². The van der Waals surface area contributed by atoms with E-state index in [4.69, 9.17) is 0 Å². The summed E-state index contributed by atoms with van der Waals surface area (Å²) < 4.78 is 0. The molecule has 0 spiro atoms. The maximum atomic E-state index is 12.1. The van der Waals surface area contributed by atoms with Gasteiger partial charge in [-0.15, -0.1) is 0 Å². The van der Waals surface area contributed by atoms with Crippen LogP contribution in [0.2, 0.25) is 0 Å². The number of carbonyl (C=O) groups excluding carboxylic acids is 2. The summed E-state index contributed by atoms with van der Waals surface area (Å²) in [5.41, 5.74) is 4.61. The van der Waals surface area contributed by atoms with E-state index in [1.54, 1.807) is 42.7 Å². The summed E-state index contributed by atoms with van der Waals surface area (Å²) in [6, 6.07) is 21.6. The average molecular weight is 497 g/mol. The molecule has 2 heterocycles. The maximum Gasteiger partial charge on any atom is 0.166 e. The molecule has 2 aromatic heterocycles. The fraction of sp³-hybridized carbons (Fsp3) is 0.226. The van der Waals surface area contributed by atoms with Crippen molar-refractivity contribution in [2.45, 2.75) is 46.0 Å². The molecule has 4 rings (SSSR count). The van der Waals surface area contributed by atoms with Gasteiger partial charge in [-0.1, -0.05) is 36.8 Å². The molecule has 0 fully saturated rings. The van der Waals surface area contributed by atoms with Crippen molar-refractivity contribution in [1.82, 2.24) is 9.97 Å². The number of hydrogen-bond donors (Lipinski definition) is 2. The minimum Gasteiger partial charge on any atom is -0.507 e. The van der Waals surface area contributed by atoms with Crippen molar-refractivity contribution < 1.29 is 19.8 Å². The fourth-order valence-electron chi connectivity index (χ4n) is 3.74. The third kappa shape index (κ3) is 8.39. The van der Waals surface area contributed by atoms with Gasteiger partial charge < -0.3 is 10.2 Å². The highest BCUT2D eigenvalue weighted by atomic mass is 16.3. The molecule has 37 heavy (non-hydrogen) atoms. The van der Waals surface area contributed by atoms with E-state index in [-0.39, 0.29) is 23.1 Å². The van der Waals surface area contributed by atoms with Gasteiger partial charge in [-0.2, -0.15) is 0 Å². The molecule has 4 aromatic rings. The van der Waals surface area contributed by atoms with Crippen molar-refractivity contribution in [2.24, 2.45) is 0 Å². The smallest absolute Gasteiger partial charge is 0.166 e. The molecule has 0 aliphatic rings. The van der Waals surface area contributed by atoms with Crippen molar-refractivity contribution in [1.29, 1.82) is 0 Å². The normalized spacial score (nSPS) is 10.3. The lowest BCUT2D eigenvalue weighted by molar-refractivity contribution is 0.0971. The van der Waals surface area contributed by atoms with Gasteiger partial charge in [0, 0.05) is 36.6 Å². The second-order valence-corrected chi connectivity index (χ2v) is 8.71. The Bertz CT molecular complexity index is 1320. The molecule has 2 aromatic carbocycles. The number of pyridine rings is 2. The number of phenols is 2. The molecule has 0 bridgehead atoms. The van der Waals surface area contributed by atoms with Gasteiger partial charge in [0.15, 0.2) is 11.6 Å². The van der Waals surface area contributed by atoms with Gasteiger partial charge in [0.25, 0.3) is 0 Å². The molecule has 0 radical (unpaired) electrons. The van der Waals surface area contributed by atoms with Crippen LogP contribution in [0.4, 0.5) is 0 Å².